The molecule has 0 aliphatic carbocycles. The Balaban J connectivity index is 2.25. The molecule has 4 heteroatoms. The maximum Gasteiger partial charge on any atom is 0.285 e. The van der Waals surface area contributed by atoms with Crippen molar-refractivity contribution in [1.82, 2.24) is 10.2 Å². The molecule has 0 bridgehead atoms. The summed E-state index contributed by atoms with van der Waals surface area (Å²) in [6.45, 7) is 5.47. The minimum Gasteiger partial charge on any atom is -0.311 e. The van der Waals surface area contributed by atoms with Crippen LogP contribution in [-0.2, 0) is 5.92 Å². The van der Waals surface area contributed by atoms with Crippen molar-refractivity contribution in [2.75, 3.05) is 26.7 Å². The lowest BCUT2D eigenvalue weighted by molar-refractivity contribution is -0.00311. The zero-order chi connectivity index (χ0) is 14.3. The van der Waals surface area contributed by atoms with E-state index in [4.69, 9.17) is 0 Å². The maximum atomic E-state index is 13.8. The van der Waals surface area contributed by atoms with Gasteiger partial charge in [-0.3, -0.25) is 0 Å². The molecule has 0 saturated carbocycles. The van der Waals surface area contributed by atoms with Gasteiger partial charge in [0.1, 0.15) is 0 Å². The fraction of sp³-hybridized carbons (Fsp3) is 0.600. The fourth-order valence-electron chi connectivity index (χ4n) is 1.74. The summed E-state index contributed by atoms with van der Waals surface area (Å²) in [5.74, 6) is -2.80. The van der Waals surface area contributed by atoms with E-state index < -0.39 is 5.92 Å². The van der Waals surface area contributed by atoms with Gasteiger partial charge < -0.3 is 10.2 Å². The lowest BCUT2D eigenvalue weighted by atomic mass is 10.1. The third-order valence-electron chi connectivity index (χ3n) is 3.29. The van der Waals surface area contributed by atoms with Crippen LogP contribution in [0, 0.1) is 0 Å². The lowest BCUT2D eigenvalue weighted by Crippen LogP contribution is -2.34. The van der Waals surface area contributed by atoms with Crippen molar-refractivity contribution < 1.29 is 8.78 Å². The number of rotatable bonds is 8. The van der Waals surface area contributed by atoms with Crippen LogP contribution in [0.2, 0.25) is 0 Å². The molecule has 1 rings (SSSR count). The van der Waals surface area contributed by atoms with Crippen LogP contribution >= 0.6 is 0 Å². The molecule has 0 saturated heterocycles. The Morgan fingerprint density at radius 3 is 2.42 bits per heavy atom. The first-order valence-electron chi connectivity index (χ1n) is 6.78. The SMILES string of the molecule is CC(C)N(C)CCCNCC(F)(F)c1ccccc1. The molecule has 108 valence electrons. The average Bonchev–Trinajstić information content (AvgIpc) is 2.39. The molecule has 0 aliphatic heterocycles. The highest BCUT2D eigenvalue weighted by molar-refractivity contribution is 5.20. The summed E-state index contributed by atoms with van der Waals surface area (Å²) in [6, 6.07) is 8.45. The number of nitrogens with one attached hydrogen (secondary N) is 1. The predicted molar refractivity (Wildman–Crippen MR) is 75.6 cm³/mol. The molecular formula is C15H24F2N2. The minimum atomic E-state index is -2.80. The van der Waals surface area contributed by atoms with E-state index in [1.807, 2.05) is 7.05 Å². The lowest BCUT2D eigenvalue weighted by Gasteiger charge is -2.21. The second-order valence-corrected chi connectivity index (χ2v) is 5.18. The van der Waals surface area contributed by atoms with Gasteiger partial charge in [0.2, 0.25) is 0 Å². The van der Waals surface area contributed by atoms with Gasteiger partial charge in [-0.15, -0.1) is 0 Å². The number of nitrogens with zero attached hydrogens (tertiary/aromatic N) is 1. The van der Waals surface area contributed by atoms with Crippen LogP contribution in [0.3, 0.4) is 0 Å². The minimum absolute atomic E-state index is 0.0711. The monoisotopic (exact) mass is 270 g/mol. The van der Waals surface area contributed by atoms with Crippen molar-refractivity contribution in [2.45, 2.75) is 32.2 Å². The first-order chi connectivity index (χ1) is 8.93. The third kappa shape index (κ3) is 5.66. The molecule has 0 radical (unpaired) electrons. The van der Waals surface area contributed by atoms with Gasteiger partial charge in [0.05, 0.1) is 6.54 Å². The van der Waals surface area contributed by atoms with Crippen molar-refractivity contribution in [3.63, 3.8) is 0 Å². The number of hydrogen-bond acceptors (Lipinski definition) is 2. The Bertz CT molecular complexity index is 352. The molecule has 0 atom stereocenters. The highest BCUT2D eigenvalue weighted by atomic mass is 19.3. The number of hydrogen-bond donors (Lipinski definition) is 1. The second kappa shape index (κ2) is 7.56. The second-order valence-electron chi connectivity index (χ2n) is 5.18. The summed E-state index contributed by atoms with van der Waals surface area (Å²) in [5, 5.41) is 2.84. The van der Waals surface area contributed by atoms with Crippen molar-refractivity contribution in [1.29, 1.82) is 0 Å². The van der Waals surface area contributed by atoms with Crippen LogP contribution in [0.1, 0.15) is 25.8 Å². The van der Waals surface area contributed by atoms with Crippen molar-refractivity contribution in [2.24, 2.45) is 0 Å². The largest absolute Gasteiger partial charge is 0.311 e. The summed E-state index contributed by atoms with van der Waals surface area (Å²) in [4.78, 5) is 2.21. The van der Waals surface area contributed by atoms with E-state index in [0.717, 1.165) is 13.0 Å². The van der Waals surface area contributed by atoms with Gasteiger partial charge in [-0.25, -0.2) is 0 Å². The molecule has 0 fully saturated rings. The van der Waals surface area contributed by atoms with E-state index >= 15 is 0 Å². The molecule has 2 nitrogen and oxygen atoms in total. The van der Waals surface area contributed by atoms with Crippen LogP contribution in [0.25, 0.3) is 0 Å². The van der Waals surface area contributed by atoms with Gasteiger partial charge in [0.25, 0.3) is 5.92 Å². The molecule has 0 aromatic heterocycles. The normalized spacial score (nSPS) is 12.4. The Morgan fingerprint density at radius 1 is 1.21 bits per heavy atom. The molecular weight excluding hydrogens is 246 g/mol. The van der Waals surface area contributed by atoms with Crippen LogP contribution in [-0.4, -0.2) is 37.6 Å². The summed E-state index contributed by atoms with van der Waals surface area (Å²) in [5.41, 5.74) is 0.0711. The zero-order valence-corrected chi connectivity index (χ0v) is 12.0. The summed E-state index contributed by atoms with van der Waals surface area (Å²) >= 11 is 0. The van der Waals surface area contributed by atoms with Gasteiger partial charge in [0, 0.05) is 11.6 Å². The Morgan fingerprint density at radius 2 is 1.84 bits per heavy atom. The van der Waals surface area contributed by atoms with Crippen molar-refractivity contribution >= 4 is 0 Å². The number of halogens is 2. The molecule has 0 amide bonds. The quantitative estimate of drug-likeness (QED) is 0.730. The Kier molecular flexibility index (Phi) is 6.38. The summed E-state index contributed by atoms with van der Waals surface area (Å²) in [7, 11) is 2.04. The number of alkyl halides is 2. The standard InChI is InChI=1S/C15H24F2N2/c1-13(2)19(3)11-7-10-18-12-15(16,17)14-8-5-4-6-9-14/h4-6,8-9,13,18H,7,10-12H2,1-3H3. The van der Waals surface area contributed by atoms with Crippen LogP contribution in [0.5, 0.6) is 0 Å². The van der Waals surface area contributed by atoms with Crippen LogP contribution < -0.4 is 5.32 Å². The van der Waals surface area contributed by atoms with Crippen LogP contribution in [0.4, 0.5) is 8.78 Å². The fourth-order valence-corrected chi connectivity index (χ4v) is 1.74. The maximum absolute atomic E-state index is 13.8. The summed E-state index contributed by atoms with van der Waals surface area (Å²) < 4.78 is 27.6. The summed E-state index contributed by atoms with van der Waals surface area (Å²) in [6.07, 6.45) is 0.875. The van der Waals surface area contributed by atoms with E-state index in [2.05, 4.69) is 24.1 Å². The van der Waals surface area contributed by atoms with Crippen LogP contribution in [0.15, 0.2) is 30.3 Å². The number of benzene rings is 1. The predicted octanol–water partition coefficient (Wildman–Crippen LogP) is 3.10. The van der Waals surface area contributed by atoms with Crippen molar-refractivity contribution in [3.05, 3.63) is 35.9 Å². The van der Waals surface area contributed by atoms with E-state index in [1.54, 1.807) is 18.2 Å². The molecule has 19 heavy (non-hydrogen) atoms. The molecule has 1 aromatic carbocycles. The first-order valence-corrected chi connectivity index (χ1v) is 6.78. The van der Waals surface area contributed by atoms with E-state index in [0.29, 0.717) is 12.6 Å². The Hall–Kier alpha value is -1.00. The molecule has 0 unspecified atom stereocenters. The van der Waals surface area contributed by atoms with Crippen molar-refractivity contribution in [3.8, 4) is 0 Å². The third-order valence-corrected chi connectivity index (χ3v) is 3.29. The van der Waals surface area contributed by atoms with E-state index in [1.165, 1.54) is 12.1 Å². The molecule has 0 aliphatic rings. The molecule has 0 heterocycles. The molecule has 1 N–H and O–H groups in total. The Labute approximate surface area is 114 Å². The van der Waals surface area contributed by atoms with Gasteiger partial charge >= 0.3 is 0 Å². The van der Waals surface area contributed by atoms with E-state index in [9.17, 15) is 8.78 Å². The smallest absolute Gasteiger partial charge is 0.285 e. The van der Waals surface area contributed by atoms with Gasteiger partial charge in [-0.1, -0.05) is 30.3 Å². The van der Waals surface area contributed by atoms with Gasteiger partial charge in [-0.05, 0) is 40.4 Å². The zero-order valence-electron chi connectivity index (χ0n) is 12.0. The average molecular weight is 270 g/mol. The van der Waals surface area contributed by atoms with Gasteiger partial charge in [0.15, 0.2) is 0 Å². The highest BCUT2D eigenvalue weighted by Gasteiger charge is 2.30. The molecule has 0 spiro atoms. The molecule has 1 aromatic rings. The topological polar surface area (TPSA) is 15.3 Å². The van der Waals surface area contributed by atoms with Gasteiger partial charge in [-0.2, -0.15) is 8.78 Å². The highest BCUT2D eigenvalue weighted by Crippen LogP contribution is 2.26. The first kappa shape index (κ1) is 16.1. The van der Waals surface area contributed by atoms with E-state index in [-0.39, 0.29) is 12.1 Å².